The maximum Gasteiger partial charge on any atom is 0.410 e. The summed E-state index contributed by atoms with van der Waals surface area (Å²) in [5.41, 5.74) is -2.13. The summed E-state index contributed by atoms with van der Waals surface area (Å²) in [6, 6.07) is -0.619. The van der Waals surface area contributed by atoms with Gasteiger partial charge < -0.3 is 43.5 Å². The fourth-order valence-electron chi connectivity index (χ4n) is 7.15. The molecule has 0 bridgehead atoms. The van der Waals surface area contributed by atoms with Crippen LogP contribution in [0.3, 0.4) is 0 Å². The first-order valence-electron chi connectivity index (χ1n) is 21.8. The highest BCUT2D eigenvalue weighted by Gasteiger charge is 2.46. The van der Waals surface area contributed by atoms with E-state index >= 15 is 0 Å². The van der Waals surface area contributed by atoms with Crippen molar-refractivity contribution < 1.29 is 62.0 Å². The molecular formula is C45H80N4O13. The van der Waals surface area contributed by atoms with E-state index in [0.717, 1.165) is 32.4 Å². The maximum atomic E-state index is 12.8. The largest absolute Gasteiger partial charge is 0.466 e. The van der Waals surface area contributed by atoms with Crippen molar-refractivity contribution in [2.75, 3.05) is 52.5 Å². The molecule has 4 aliphatic rings. The Morgan fingerprint density at radius 3 is 1.58 bits per heavy atom. The van der Waals surface area contributed by atoms with Crippen LogP contribution in [0.25, 0.3) is 0 Å². The number of amides is 2. The van der Waals surface area contributed by atoms with Crippen LogP contribution in [0.4, 0.5) is 9.59 Å². The molecule has 358 valence electrons. The van der Waals surface area contributed by atoms with Gasteiger partial charge in [0.05, 0.1) is 19.1 Å². The Morgan fingerprint density at radius 1 is 0.597 bits per heavy atom. The smallest absolute Gasteiger partial charge is 0.410 e. The van der Waals surface area contributed by atoms with Crippen molar-refractivity contribution in [3.8, 4) is 0 Å². The number of nitrogens with zero attached hydrogens (tertiary/aromatic N) is 3. The number of Topliss-reactive ketones (excluding diaryl/α,β-unsaturated/α-hetero) is 1. The lowest BCUT2D eigenvalue weighted by Crippen LogP contribution is -2.58. The second kappa shape index (κ2) is 24.2. The molecule has 5 atom stereocenters. The Labute approximate surface area is 370 Å². The average Bonchev–Trinajstić information content (AvgIpc) is 3.83. The van der Waals surface area contributed by atoms with Crippen molar-refractivity contribution in [3.05, 3.63) is 0 Å². The number of ether oxygens (including phenoxy) is 6. The molecule has 4 aliphatic heterocycles. The minimum absolute atomic E-state index is 0. The lowest BCUT2D eigenvalue weighted by atomic mass is 9.90. The zero-order valence-corrected chi connectivity index (χ0v) is 39.4. The third-order valence-corrected chi connectivity index (χ3v) is 9.61. The van der Waals surface area contributed by atoms with Gasteiger partial charge in [-0.2, -0.15) is 0 Å². The van der Waals surface area contributed by atoms with E-state index in [4.69, 9.17) is 28.4 Å². The average molecular weight is 885 g/mol. The SMILES string of the molecule is C.CC(C)(C)OC(=O)[C@@H]1CCCN1.CCOC(=O)C1CN(C(=O)OC(C)(C)C)CCC1=O.CCOC(=O)C1CN(C(=O)OC(C)(C)C)CCC1N1CCC[C@H]1C(=O)OC(C)(C)C. The van der Waals surface area contributed by atoms with Gasteiger partial charge in [0.25, 0.3) is 0 Å². The molecule has 2 amide bonds. The predicted molar refractivity (Wildman–Crippen MR) is 233 cm³/mol. The van der Waals surface area contributed by atoms with Crippen molar-refractivity contribution in [1.82, 2.24) is 20.0 Å². The number of hydrogen-bond donors (Lipinski definition) is 1. The normalized spacial score (nSPS) is 23.3. The molecule has 62 heavy (non-hydrogen) atoms. The number of carbonyl (C=O) groups excluding carboxylic acids is 7. The quantitative estimate of drug-likeness (QED) is 0.176. The number of likely N-dealkylation sites (tertiary alicyclic amines) is 3. The van der Waals surface area contributed by atoms with Crippen molar-refractivity contribution >= 4 is 41.8 Å². The summed E-state index contributed by atoms with van der Waals surface area (Å²) in [7, 11) is 0. The molecule has 0 spiro atoms. The number of carbonyl (C=O) groups is 7. The number of rotatable bonds is 7. The van der Waals surface area contributed by atoms with Crippen LogP contribution in [0.15, 0.2) is 0 Å². The van der Waals surface area contributed by atoms with Crippen LogP contribution in [0.1, 0.15) is 143 Å². The summed E-state index contributed by atoms with van der Waals surface area (Å²) in [6.07, 6.45) is 3.35. The topological polar surface area (TPSA) is 197 Å². The summed E-state index contributed by atoms with van der Waals surface area (Å²) < 4.78 is 31.7. The van der Waals surface area contributed by atoms with Crippen molar-refractivity contribution in [2.24, 2.45) is 11.8 Å². The van der Waals surface area contributed by atoms with Gasteiger partial charge in [-0.05, 0) is 142 Å². The lowest BCUT2D eigenvalue weighted by molar-refractivity contribution is -0.165. The van der Waals surface area contributed by atoms with Crippen molar-refractivity contribution in [3.63, 3.8) is 0 Å². The minimum atomic E-state index is -0.888. The molecule has 3 unspecified atom stereocenters. The molecule has 0 aromatic carbocycles. The molecule has 17 nitrogen and oxygen atoms in total. The van der Waals surface area contributed by atoms with Gasteiger partial charge >= 0.3 is 36.1 Å². The van der Waals surface area contributed by atoms with Crippen LogP contribution in [-0.2, 0) is 52.4 Å². The van der Waals surface area contributed by atoms with Crippen molar-refractivity contribution in [1.29, 1.82) is 0 Å². The summed E-state index contributed by atoms with van der Waals surface area (Å²) in [5.74, 6) is -2.88. The van der Waals surface area contributed by atoms with E-state index in [2.05, 4.69) is 10.2 Å². The van der Waals surface area contributed by atoms with Gasteiger partial charge in [0, 0.05) is 38.6 Å². The van der Waals surface area contributed by atoms with E-state index < -0.39 is 46.8 Å². The van der Waals surface area contributed by atoms with Gasteiger partial charge in [0.15, 0.2) is 5.78 Å². The molecule has 1 N–H and O–H groups in total. The van der Waals surface area contributed by atoms with E-state index in [1.807, 2.05) is 62.3 Å². The molecule has 4 fully saturated rings. The van der Waals surface area contributed by atoms with E-state index in [-0.39, 0.29) is 94.1 Å². The molecule has 0 aliphatic carbocycles. The van der Waals surface area contributed by atoms with E-state index in [1.165, 1.54) is 4.90 Å². The molecule has 17 heteroatoms. The molecule has 0 radical (unpaired) electrons. The van der Waals surface area contributed by atoms with Gasteiger partial charge in [-0.15, -0.1) is 0 Å². The number of nitrogens with one attached hydrogen (secondary N) is 1. The summed E-state index contributed by atoms with van der Waals surface area (Å²) in [4.78, 5) is 89.7. The van der Waals surface area contributed by atoms with E-state index in [1.54, 1.807) is 39.5 Å². The molecule has 4 saturated heterocycles. The van der Waals surface area contributed by atoms with E-state index in [0.29, 0.717) is 19.4 Å². The van der Waals surface area contributed by atoms with Crippen molar-refractivity contribution in [2.45, 2.75) is 183 Å². The van der Waals surface area contributed by atoms with Gasteiger partial charge in [0.1, 0.15) is 40.4 Å². The van der Waals surface area contributed by atoms with Crippen LogP contribution in [-0.4, -0.2) is 150 Å². The van der Waals surface area contributed by atoms with Crippen LogP contribution in [0.2, 0.25) is 0 Å². The Morgan fingerprint density at radius 2 is 1.10 bits per heavy atom. The summed E-state index contributed by atoms with van der Waals surface area (Å²) in [5, 5.41) is 3.10. The van der Waals surface area contributed by atoms with Crippen LogP contribution in [0, 0.1) is 11.8 Å². The first-order chi connectivity index (χ1) is 28.1. The highest BCUT2D eigenvalue weighted by molar-refractivity contribution is 6.00. The first-order valence-corrected chi connectivity index (χ1v) is 21.8. The van der Waals surface area contributed by atoms with Gasteiger partial charge in [-0.25, -0.2) is 9.59 Å². The Balaban J connectivity index is 0.000000512. The van der Waals surface area contributed by atoms with Gasteiger partial charge in [0.2, 0.25) is 0 Å². The number of esters is 4. The summed E-state index contributed by atoms with van der Waals surface area (Å²) >= 11 is 0. The highest BCUT2D eigenvalue weighted by atomic mass is 16.6. The highest BCUT2D eigenvalue weighted by Crippen LogP contribution is 2.32. The van der Waals surface area contributed by atoms with Gasteiger partial charge in [-0.1, -0.05) is 7.43 Å². The van der Waals surface area contributed by atoms with Gasteiger partial charge in [-0.3, -0.25) is 28.9 Å². The third-order valence-electron chi connectivity index (χ3n) is 9.61. The lowest BCUT2D eigenvalue weighted by Gasteiger charge is -2.43. The predicted octanol–water partition coefficient (Wildman–Crippen LogP) is 6.07. The fraction of sp³-hybridized carbons (Fsp3) is 0.844. The molecule has 4 rings (SSSR count). The maximum absolute atomic E-state index is 12.8. The second-order valence-corrected chi connectivity index (χ2v) is 19.7. The third kappa shape index (κ3) is 19.6. The summed E-state index contributed by atoms with van der Waals surface area (Å²) in [6.45, 7) is 28.5. The van der Waals surface area contributed by atoms with Crippen LogP contribution in [0.5, 0.6) is 0 Å². The standard InChI is InChI=1S/C22H38N2O6.C13H21NO5.C9H17NO2.CH4/c1-8-28-18(25)15-14-23(20(27)30-22(5,6)7)13-11-16(15)24-12-9-10-17(24)19(26)29-21(2,3)4;1-5-18-11(16)9-8-14(7-6-10(9)15)12(17)19-13(2,3)4;1-9(2,3)12-8(11)7-5-4-6-10-7;/h15-17H,8-14H2,1-7H3;9H,5-8H2,1-4H3;7,10H,4-6H2,1-3H3;1H4/t15?,16?,17-;;7-;/m0.0./s1. The fourth-order valence-corrected chi connectivity index (χ4v) is 7.15. The monoisotopic (exact) mass is 885 g/mol. The Bertz CT molecular complexity index is 1500. The van der Waals surface area contributed by atoms with Crippen LogP contribution < -0.4 is 5.32 Å². The number of ketones is 1. The Kier molecular flexibility index (Phi) is 21.8. The number of piperidine rings is 2. The first kappa shape index (κ1) is 56.0. The molecule has 0 aromatic rings. The molecule has 0 aromatic heterocycles. The molecule has 0 saturated carbocycles. The van der Waals surface area contributed by atoms with Crippen LogP contribution >= 0.6 is 0 Å². The zero-order chi connectivity index (χ0) is 46.5. The minimum Gasteiger partial charge on any atom is -0.466 e. The number of hydrogen-bond acceptors (Lipinski definition) is 15. The second-order valence-electron chi connectivity index (χ2n) is 19.7. The molecule has 4 heterocycles. The Hall–Kier alpha value is -3.99. The molecular weight excluding hydrogens is 805 g/mol. The zero-order valence-electron chi connectivity index (χ0n) is 39.4. The van der Waals surface area contributed by atoms with E-state index in [9.17, 15) is 33.6 Å².